The van der Waals surface area contributed by atoms with Crippen LogP contribution in [0.1, 0.15) is 56.5 Å². The predicted octanol–water partition coefficient (Wildman–Crippen LogP) is 2.93. The number of carboxylic acids is 1. The van der Waals surface area contributed by atoms with E-state index in [9.17, 15) is 9.59 Å². The number of nitrogens with one attached hydrogen (secondary N) is 2. The zero-order chi connectivity index (χ0) is 15.5. The van der Waals surface area contributed by atoms with Gasteiger partial charge >= 0.3 is 12.0 Å². The van der Waals surface area contributed by atoms with Gasteiger partial charge in [0.05, 0.1) is 6.04 Å². The normalized spacial score (nSPS) is 11.9. The summed E-state index contributed by atoms with van der Waals surface area (Å²) in [5.41, 5.74) is 0. The minimum Gasteiger partial charge on any atom is -0.481 e. The molecule has 1 heterocycles. The molecule has 1 aromatic rings. The van der Waals surface area contributed by atoms with E-state index < -0.39 is 5.97 Å². The van der Waals surface area contributed by atoms with Gasteiger partial charge in [0.15, 0.2) is 0 Å². The van der Waals surface area contributed by atoms with Gasteiger partial charge in [0.2, 0.25) is 0 Å². The van der Waals surface area contributed by atoms with Crippen LogP contribution >= 0.6 is 11.3 Å². The topological polar surface area (TPSA) is 91.3 Å². The number of amides is 2. The summed E-state index contributed by atoms with van der Waals surface area (Å²) in [6.07, 6.45) is 6.13. The lowest BCUT2D eigenvalue weighted by atomic mass is 10.1. The zero-order valence-electron chi connectivity index (χ0n) is 12.3. The van der Waals surface area contributed by atoms with E-state index in [0.717, 1.165) is 30.7 Å². The minimum absolute atomic E-state index is 0.0411. The van der Waals surface area contributed by atoms with Crippen molar-refractivity contribution in [3.63, 3.8) is 0 Å². The fourth-order valence-corrected chi connectivity index (χ4v) is 2.68. The first kappa shape index (κ1) is 17.4. The van der Waals surface area contributed by atoms with E-state index in [0.29, 0.717) is 13.0 Å². The number of carboxylic acid groups (broad SMARTS) is 1. The fraction of sp³-hybridized carbons (Fsp3) is 0.643. The second-order valence-electron chi connectivity index (χ2n) is 4.79. The summed E-state index contributed by atoms with van der Waals surface area (Å²) in [4.78, 5) is 26.3. The van der Waals surface area contributed by atoms with E-state index in [1.807, 2.05) is 12.3 Å². The van der Waals surface area contributed by atoms with E-state index >= 15 is 0 Å². The first-order valence-electron chi connectivity index (χ1n) is 7.29. The van der Waals surface area contributed by atoms with Crippen molar-refractivity contribution in [2.24, 2.45) is 0 Å². The monoisotopic (exact) mass is 313 g/mol. The Balaban J connectivity index is 2.09. The molecule has 7 heteroatoms. The lowest BCUT2D eigenvalue weighted by Gasteiger charge is -2.15. The molecule has 0 spiro atoms. The molecule has 0 saturated carbocycles. The molecule has 0 aliphatic rings. The number of carbonyl (C=O) groups is 2. The highest BCUT2D eigenvalue weighted by molar-refractivity contribution is 7.09. The summed E-state index contributed by atoms with van der Waals surface area (Å²) >= 11 is 1.54. The molecule has 1 unspecified atom stereocenters. The molecule has 1 rings (SSSR count). The predicted molar refractivity (Wildman–Crippen MR) is 82.4 cm³/mol. The maximum Gasteiger partial charge on any atom is 0.315 e. The molecule has 2 amide bonds. The molecule has 0 radical (unpaired) electrons. The van der Waals surface area contributed by atoms with Crippen molar-refractivity contribution in [2.75, 3.05) is 6.54 Å². The molecule has 0 aliphatic heterocycles. The standard InChI is InChI=1S/C14H23N3O3S/c1-2-11(13-15-9-10-21-13)17-14(20)16-8-6-4-3-5-7-12(18)19/h9-11H,2-8H2,1H3,(H,18,19)(H2,16,17,20). The lowest BCUT2D eigenvalue weighted by molar-refractivity contribution is -0.137. The first-order chi connectivity index (χ1) is 10.1. The smallest absolute Gasteiger partial charge is 0.315 e. The Labute approximate surface area is 129 Å². The Morgan fingerprint density at radius 2 is 2.10 bits per heavy atom. The van der Waals surface area contributed by atoms with Gasteiger partial charge in [0.1, 0.15) is 5.01 Å². The van der Waals surface area contributed by atoms with Crippen LogP contribution < -0.4 is 10.6 Å². The maximum absolute atomic E-state index is 11.8. The number of thiazole rings is 1. The van der Waals surface area contributed by atoms with Crippen LogP contribution in [0.15, 0.2) is 11.6 Å². The molecule has 0 aromatic carbocycles. The number of aromatic nitrogens is 1. The van der Waals surface area contributed by atoms with Crippen LogP contribution in [0.2, 0.25) is 0 Å². The van der Waals surface area contributed by atoms with E-state index in [-0.39, 0.29) is 18.5 Å². The van der Waals surface area contributed by atoms with Crippen molar-refractivity contribution in [2.45, 2.75) is 51.5 Å². The van der Waals surface area contributed by atoms with Gasteiger partial charge in [0, 0.05) is 24.5 Å². The Morgan fingerprint density at radius 1 is 1.33 bits per heavy atom. The van der Waals surface area contributed by atoms with Crippen LogP contribution in [-0.2, 0) is 4.79 Å². The molecule has 0 saturated heterocycles. The first-order valence-corrected chi connectivity index (χ1v) is 8.17. The molecular formula is C14H23N3O3S. The minimum atomic E-state index is -0.750. The van der Waals surface area contributed by atoms with Crippen molar-refractivity contribution < 1.29 is 14.7 Å². The van der Waals surface area contributed by atoms with Gasteiger partial charge in [0.25, 0.3) is 0 Å². The summed E-state index contributed by atoms with van der Waals surface area (Å²) in [6, 6.07) is -0.219. The van der Waals surface area contributed by atoms with Gasteiger partial charge in [-0.3, -0.25) is 4.79 Å². The van der Waals surface area contributed by atoms with Gasteiger partial charge in [-0.2, -0.15) is 0 Å². The highest BCUT2D eigenvalue weighted by Gasteiger charge is 2.14. The Kier molecular flexibility index (Phi) is 8.42. The van der Waals surface area contributed by atoms with Gasteiger partial charge in [-0.1, -0.05) is 19.8 Å². The Bertz CT molecular complexity index is 423. The largest absolute Gasteiger partial charge is 0.481 e. The number of rotatable bonds is 10. The van der Waals surface area contributed by atoms with Crippen molar-refractivity contribution in [3.05, 3.63) is 16.6 Å². The quantitative estimate of drug-likeness (QED) is 0.579. The summed E-state index contributed by atoms with van der Waals surface area (Å²) in [5, 5.41) is 17.0. The second-order valence-corrected chi connectivity index (χ2v) is 5.72. The number of nitrogens with zero attached hydrogens (tertiary/aromatic N) is 1. The highest BCUT2D eigenvalue weighted by Crippen LogP contribution is 2.18. The second kappa shape index (κ2) is 10.1. The lowest BCUT2D eigenvalue weighted by Crippen LogP contribution is -2.38. The van der Waals surface area contributed by atoms with Crippen molar-refractivity contribution >= 4 is 23.3 Å². The number of urea groups is 1. The molecule has 3 N–H and O–H groups in total. The van der Waals surface area contributed by atoms with E-state index in [4.69, 9.17) is 5.11 Å². The van der Waals surface area contributed by atoms with Crippen LogP contribution in [-0.4, -0.2) is 28.6 Å². The van der Waals surface area contributed by atoms with Gasteiger partial charge in [-0.15, -0.1) is 11.3 Å². The number of unbranched alkanes of at least 4 members (excludes halogenated alkanes) is 3. The van der Waals surface area contributed by atoms with Crippen LogP contribution in [0.4, 0.5) is 4.79 Å². The fourth-order valence-electron chi connectivity index (χ4n) is 1.91. The van der Waals surface area contributed by atoms with Crippen LogP contribution in [0, 0.1) is 0 Å². The van der Waals surface area contributed by atoms with E-state index in [2.05, 4.69) is 15.6 Å². The molecule has 0 fully saturated rings. The SMILES string of the molecule is CCC(NC(=O)NCCCCCCC(=O)O)c1nccs1. The van der Waals surface area contributed by atoms with Crippen LogP contribution in [0.25, 0.3) is 0 Å². The number of hydrogen-bond acceptors (Lipinski definition) is 4. The van der Waals surface area contributed by atoms with Crippen molar-refractivity contribution in [3.8, 4) is 0 Å². The number of aliphatic carboxylic acids is 1. The number of carbonyl (C=O) groups excluding carboxylic acids is 1. The third-order valence-electron chi connectivity index (χ3n) is 3.07. The Hall–Kier alpha value is -1.63. The molecule has 21 heavy (non-hydrogen) atoms. The maximum atomic E-state index is 11.8. The molecule has 6 nitrogen and oxygen atoms in total. The Morgan fingerprint density at radius 3 is 2.71 bits per heavy atom. The summed E-state index contributed by atoms with van der Waals surface area (Å²) in [7, 11) is 0. The van der Waals surface area contributed by atoms with Crippen molar-refractivity contribution in [1.29, 1.82) is 0 Å². The third-order valence-corrected chi connectivity index (χ3v) is 3.96. The van der Waals surface area contributed by atoms with Gasteiger partial charge < -0.3 is 15.7 Å². The average molecular weight is 313 g/mol. The highest BCUT2D eigenvalue weighted by atomic mass is 32.1. The molecule has 0 bridgehead atoms. The zero-order valence-corrected chi connectivity index (χ0v) is 13.1. The average Bonchev–Trinajstić information content (AvgIpc) is 2.97. The van der Waals surface area contributed by atoms with Crippen LogP contribution in [0.3, 0.4) is 0 Å². The van der Waals surface area contributed by atoms with E-state index in [1.165, 1.54) is 11.3 Å². The summed E-state index contributed by atoms with van der Waals surface area (Å²) < 4.78 is 0. The summed E-state index contributed by atoms with van der Waals surface area (Å²) in [5.74, 6) is -0.750. The molecule has 118 valence electrons. The third kappa shape index (κ3) is 7.65. The van der Waals surface area contributed by atoms with Gasteiger partial charge in [-0.05, 0) is 19.3 Å². The van der Waals surface area contributed by atoms with E-state index in [1.54, 1.807) is 6.20 Å². The van der Waals surface area contributed by atoms with Crippen LogP contribution in [0.5, 0.6) is 0 Å². The summed E-state index contributed by atoms with van der Waals surface area (Å²) in [6.45, 7) is 2.61. The molecule has 0 aliphatic carbocycles. The molecular weight excluding hydrogens is 290 g/mol. The van der Waals surface area contributed by atoms with Crippen molar-refractivity contribution in [1.82, 2.24) is 15.6 Å². The number of hydrogen-bond donors (Lipinski definition) is 3. The molecule has 1 atom stereocenters. The molecule has 1 aromatic heterocycles. The van der Waals surface area contributed by atoms with Gasteiger partial charge in [-0.25, -0.2) is 9.78 Å².